The number of aliphatic hydroxyl groups is 1. The highest BCUT2D eigenvalue weighted by Crippen LogP contribution is 2.48. The molecule has 3 unspecified atom stereocenters. The predicted molar refractivity (Wildman–Crippen MR) is 184 cm³/mol. The van der Waals surface area contributed by atoms with E-state index in [0.29, 0.717) is 35.8 Å². The molecule has 11 heteroatoms. The maximum Gasteiger partial charge on any atom is 0.337 e. The van der Waals surface area contributed by atoms with Crippen LogP contribution in [0.1, 0.15) is 93.5 Å². The summed E-state index contributed by atoms with van der Waals surface area (Å²) in [5.74, 6) is -1.35. The van der Waals surface area contributed by atoms with Crippen molar-refractivity contribution in [3.63, 3.8) is 0 Å². The zero-order chi connectivity index (χ0) is 34.0. The summed E-state index contributed by atoms with van der Waals surface area (Å²) >= 11 is 6.48. The van der Waals surface area contributed by atoms with Crippen LogP contribution in [0.2, 0.25) is 5.02 Å². The lowest BCUT2D eigenvalue weighted by Gasteiger charge is -2.40. The van der Waals surface area contributed by atoms with Crippen molar-refractivity contribution in [2.24, 2.45) is 0 Å². The molecule has 2 aromatic carbocycles. The third-order valence-corrected chi connectivity index (χ3v) is 9.58. The average Bonchev–Trinajstić information content (AvgIpc) is 3.05. The van der Waals surface area contributed by atoms with Crippen molar-refractivity contribution in [2.45, 2.75) is 69.5 Å². The topological polar surface area (TPSA) is 154 Å². The molecule has 0 spiro atoms. The van der Waals surface area contributed by atoms with E-state index < -0.39 is 17.5 Å². The maximum absolute atomic E-state index is 12.4. The first-order chi connectivity index (χ1) is 23.0. The molecule has 0 aliphatic heterocycles. The molecule has 6 rings (SSSR count). The molecule has 0 amide bonds. The van der Waals surface area contributed by atoms with E-state index in [0.717, 1.165) is 41.7 Å². The molecular weight excluding hydrogens is 632 g/mol. The second-order valence-electron chi connectivity index (χ2n) is 13.0. The number of ether oxygens (including phenoxy) is 1. The molecule has 0 fully saturated rings. The van der Waals surface area contributed by atoms with Gasteiger partial charge in [0.2, 0.25) is 0 Å². The number of hydrogen-bond acceptors (Lipinski definition) is 8. The summed E-state index contributed by atoms with van der Waals surface area (Å²) in [5.41, 5.74) is 4.71. The Morgan fingerprint density at radius 3 is 2.31 bits per heavy atom. The van der Waals surface area contributed by atoms with Crippen LogP contribution >= 0.6 is 11.6 Å². The SMILES string of the molecule is CC(C)Oc1cc2c(cc1C1Cc3cc(Cl)ccc3C(O)(CNc3cnccc3C(=O)O)C1)C(CNc1cnccc1C(=O)O)CCC2. The number of fused-ring (bicyclic) bond motifs is 2. The zero-order valence-corrected chi connectivity index (χ0v) is 27.6. The van der Waals surface area contributed by atoms with E-state index in [-0.39, 0.29) is 35.6 Å². The number of aromatic carboxylic acids is 2. The fourth-order valence-corrected chi connectivity index (χ4v) is 7.37. The molecule has 2 aromatic heterocycles. The molecule has 2 aliphatic rings. The van der Waals surface area contributed by atoms with Gasteiger partial charge in [-0.25, -0.2) is 9.59 Å². The maximum atomic E-state index is 12.4. The summed E-state index contributed by atoms with van der Waals surface area (Å²) in [5, 5.41) is 38.9. The highest BCUT2D eigenvalue weighted by atomic mass is 35.5. The number of nitrogens with zero attached hydrogens (tertiary/aromatic N) is 2. The van der Waals surface area contributed by atoms with Gasteiger partial charge < -0.3 is 30.7 Å². The fraction of sp³-hybridized carbons (Fsp3) is 0.351. The second-order valence-corrected chi connectivity index (χ2v) is 13.4. The Hall–Kier alpha value is -4.67. The fourth-order valence-electron chi connectivity index (χ4n) is 7.18. The highest BCUT2D eigenvalue weighted by Gasteiger charge is 2.41. The molecule has 250 valence electrons. The Morgan fingerprint density at radius 1 is 0.958 bits per heavy atom. The molecule has 0 radical (unpaired) electrons. The van der Waals surface area contributed by atoms with Crippen molar-refractivity contribution in [1.29, 1.82) is 0 Å². The lowest BCUT2D eigenvalue weighted by Crippen LogP contribution is -2.40. The second kappa shape index (κ2) is 13.8. The van der Waals surface area contributed by atoms with E-state index in [9.17, 15) is 24.9 Å². The lowest BCUT2D eigenvalue weighted by atomic mass is 9.70. The number of carboxylic acids is 2. The summed E-state index contributed by atoms with van der Waals surface area (Å²) in [4.78, 5) is 31.9. The summed E-state index contributed by atoms with van der Waals surface area (Å²) in [6.07, 6.45) is 9.62. The van der Waals surface area contributed by atoms with Gasteiger partial charge in [-0.1, -0.05) is 23.7 Å². The van der Waals surface area contributed by atoms with Crippen LogP contribution in [0.4, 0.5) is 11.4 Å². The smallest absolute Gasteiger partial charge is 0.337 e. The highest BCUT2D eigenvalue weighted by molar-refractivity contribution is 6.30. The van der Waals surface area contributed by atoms with Crippen LogP contribution < -0.4 is 15.4 Å². The zero-order valence-electron chi connectivity index (χ0n) is 26.9. The van der Waals surface area contributed by atoms with Crippen LogP contribution in [0.5, 0.6) is 5.75 Å². The van der Waals surface area contributed by atoms with Gasteiger partial charge in [-0.05, 0) is 110 Å². The van der Waals surface area contributed by atoms with Crippen LogP contribution in [-0.2, 0) is 18.4 Å². The minimum atomic E-state index is -1.37. The molecule has 0 saturated carbocycles. The monoisotopic (exact) mass is 670 g/mol. The minimum Gasteiger partial charge on any atom is -0.491 e. The van der Waals surface area contributed by atoms with E-state index in [2.05, 4.69) is 32.7 Å². The molecule has 5 N–H and O–H groups in total. The summed E-state index contributed by atoms with van der Waals surface area (Å²) in [6.45, 7) is 4.58. The first kappa shape index (κ1) is 33.2. The Balaban J connectivity index is 1.36. The van der Waals surface area contributed by atoms with Gasteiger partial charge in [0.15, 0.2) is 0 Å². The van der Waals surface area contributed by atoms with Crippen LogP contribution in [0.25, 0.3) is 0 Å². The molecule has 0 saturated heterocycles. The summed E-state index contributed by atoms with van der Waals surface area (Å²) < 4.78 is 6.44. The van der Waals surface area contributed by atoms with Crippen LogP contribution in [0, 0.1) is 0 Å². The van der Waals surface area contributed by atoms with E-state index in [1.807, 2.05) is 26.0 Å². The van der Waals surface area contributed by atoms with Gasteiger partial charge in [0.1, 0.15) is 11.4 Å². The number of hydrogen-bond donors (Lipinski definition) is 5. The number of aromatic nitrogens is 2. The van der Waals surface area contributed by atoms with Crippen molar-refractivity contribution in [3.05, 3.63) is 111 Å². The minimum absolute atomic E-state index is 0.0545. The van der Waals surface area contributed by atoms with Gasteiger partial charge in [0.05, 0.1) is 41.0 Å². The predicted octanol–water partition coefficient (Wildman–Crippen LogP) is 6.88. The van der Waals surface area contributed by atoms with Gasteiger partial charge in [-0.3, -0.25) is 9.97 Å². The van der Waals surface area contributed by atoms with E-state index in [4.69, 9.17) is 16.3 Å². The normalized spacial score (nSPS) is 20.0. The largest absolute Gasteiger partial charge is 0.491 e. The van der Waals surface area contributed by atoms with Gasteiger partial charge in [0, 0.05) is 36.4 Å². The number of nitrogens with one attached hydrogen (secondary N) is 2. The van der Waals surface area contributed by atoms with Gasteiger partial charge in [0.25, 0.3) is 0 Å². The standard InChI is InChI=1S/C37H39ClN4O6/c1-21(2)48-34-14-22-4-3-5-23(17-41-32-18-39-10-8-27(32)35(43)44)29(22)15-30(34)25-12-24-13-26(38)6-7-31(24)37(47,16-25)20-42-33-19-40-11-9-28(33)36(45)46/h6-11,13-15,18-19,21,23,25,41-42,47H,3-5,12,16-17,20H2,1-2H3,(H,43,44)(H,45,46). The van der Waals surface area contributed by atoms with Crippen molar-refractivity contribution in [1.82, 2.24) is 9.97 Å². The van der Waals surface area contributed by atoms with Crippen molar-refractivity contribution in [3.8, 4) is 5.75 Å². The van der Waals surface area contributed by atoms with Crippen molar-refractivity contribution < 1.29 is 29.6 Å². The Kier molecular flexibility index (Phi) is 9.57. The van der Waals surface area contributed by atoms with Crippen molar-refractivity contribution >= 4 is 34.9 Å². The van der Waals surface area contributed by atoms with Gasteiger partial charge in [-0.15, -0.1) is 0 Å². The number of carboxylic acid groups (broad SMARTS) is 2. The first-order valence-electron chi connectivity index (χ1n) is 16.2. The molecule has 48 heavy (non-hydrogen) atoms. The Labute approximate surface area is 284 Å². The van der Waals surface area contributed by atoms with Crippen LogP contribution in [0.15, 0.2) is 67.3 Å². The van der Waals surface area contributed by atoms with Gasteiger partial charge in [-0.2, -0.15) is 0 Å². The number of halogens is 1. The summed E-state index contributed by atoms with van der Waals surface area (Å²) in [7, 11) is 0. The average molecular weight is 671 g/mol. The molecule has 10 nitrogen and oxygen atoms in total. The lowest BCUT2D eigenvalue weighted by molar-refractivity contribution is 0.0251. The van der Waals surface area contributed by atoms with Crippen LogP contribution in [-0.4, -0.2) is 56.4 Å². The molecule has 0 bridgehead atoms. The third-order valence-electron chi connectivity index (χ3n) is 9.34. The number of pyridine rings is 2. The molecule has 3 atom stereocenters. The van der Waals surface area contributed by atoms with E-state index in [1.165, 1.54) is 41.9 Å². The quantitative estimate of drug-likeness (QED) is 0.114. The number of anilines is 2. The molecule has 4 aromatic rings. The van der Waals surface area contributed by atoms with Crippen LogP contribution in [0.3, 0.4) is 0 Å². The molecule has 2 aliphatic carbocycles. The van der Waals surface area contributed by atoms with Gasteiger partial charge >= 0.3 is 11.9 Å². The number of aryl methyl sites for hydroxylation is 1. The van der Waals surface area contributed by atoms with Crippen molar-refractivity contribution in [2.75, 3.05) is 23.7 Å². The number of rotatable bonds is 11. The number of benzene rings is 2. The number of carbonyl (C=O) groups is 2. The van der Waals surface area contributed by atoms with E-state index >= 15 is 0 Å². The first-order valence-corrected chi connectivity index (χ1v) is 16.6. The molecule has 2 heterocycles. The molecular formula is C37H39ClN4O6. The summed E-state index contributed by atoms with van der Waals surface area (Å²) in [6, 6.07) is 12.8. The Bertz CT molecular complexity index is 1850. The van der Waals surface area contributed by atoms with E-state index in [1.54, 1.807) is 12.3 Å². The third kappa shape index (κ3) is 6.95. The Morgan fingerprint density at radius 2 is 1.65 bits per heavy atom.